The number of nitrogens with one attached hydrogen (secondary N) is 2. The SMILES string of the molecule is COc1ccccc1CCNC(=O)c1cc(Nc2c(F)cccc2F)ccn1. The standard InChI is InChI=1S/C21H19F2N3O2/c1-28-19-8-3-2-5-14(19)9-11-25-21(27)18-13-15(10-12-24-18)26-20-16(22)6-4-7-17(20)23/h2-8,10,12-13H,9,11H2,1H3,(H,24,26)(H,25,27). The van der Waals surface area contributed by atoms with Gasteiger partial charge in [0.15, 0.2) is 0 Å². The lowest BCUT2D eigenvalue weighted by Crippen LogP contribution is -2.26. The summed E-state index contributed by atoms with van der Waals surface area (Å²) in [4.78, 5) is 16.4. The van der Waals surface area contributed by atoms with Crippen LogP contribution in [-0.2, 0) is 6.42 Å². The summed E-state index contributed by atoms with van der Waals surface area (Å²) in [7, 11) is 1.60. The first-order chi connectivity index (χ1) is 13.6. The van der Waals surface area contributed by atoms with E-state index >= 15 is 0 Å². The van der Waals surface area contributed by atoms with Gasteiger partial charge in [-0.3, -0.25) is 9.78 Å². The van der Waals surface area contributed by atoms with E-state index in [0.717, 1.165) is 23.4 Å². The average molecular weight is 383 g/mol. The first-order valence-corrected chi connectivity index (χ1v) is 8.65. The molecule has 0 saturated heterocycles. The fourth-order valence-electron chi connectivity index (χ4n) is 2.70. The quantitative estimate of drug-likeness (QED) is 0.645. The first-order valence-electron chi connectivity index (χ1n) is 8.65. The lowest BCUT2D eigenvalue weighted by Gasteiger charge is -2.11. The van der Waals surface area contributed by atoms with E-state index in [1.807, 2.05) is 24.3 Å². The molecule has 28 heavy (non-hydrogen) atoms. The first kappa shape index (κ1) is 19.3. The fourth-order valence-corrected chi connectivity index (χ4v) is 2.70. The Morgan fingerprint density at radius 2 is 1.82 bits per heavy atom. The predicted molar refractivity (Wildman–Crippen MR) is 103 cm³/mol. The van der Waals surface area contributed by atoms with Crippen molar-refractivity contribution < 1.29 is 18.3 Å². The van der Waals surface area contributed by atoms with Crippen molar-refractivity contribution in [2.75, 3.05) is 19.0 Å². The van der Waals surface area contributed by atoms with Gasteiger partial charge in [0.1, 0.15) is 28.8 Å². The molecule has 1 aromatic heterocycles. The number of amides is 1. The van der Waals surface area contributed by atoms with E-state index in [0.29, 0.717) is 18.7 Å². The number of hydrogen-bond donors (Lipinski definition) is 2. The molecule has 5 nitrogen and oxygen atoms in total. The molecule has 0 aliphatic heterocycles. The van der Waals surface area contributed by atoms with Crippen LogP contribution in [0.1, 0.15) is 16.1 Å². The van der Waals surface area contributed by atoms with Gasteiger partial charge in [-0.15, -0.1) is 0 Å². The van der Waals surface area contributed by atoms with E-state index in [-0.39, 0.29) is 17.3 Å². The molecule has 0 radical (unpaired) electrons. The van der Waals surface area contributed by atoms with Crippen LogP contribution in [0.4, 0.5) is 20.2 Å². The van der Waals surface area contributed by atoms with Crippen molar-refractivity contribution in [1.82, 2.24) is 10.3 Å². The van der Waals surface area contributed by atoms with Gasteiger partial charge in [-0.25, -0.2) is 8.78 Å². The predicted octanol–water partition coefficient (Wildman–Crippen LogP) is 4.08. The van der Waals surface area contributed by atoms with Crippen LogP contribution >= 0.6 is 0 Å². The minimum atomic E-state index is -0.723. The highest BCUT2D eigenvalue weighted by molar-refractivity contribution is 5.93. The van der Waals surface area contributed by atoms with Gasteiger partial charge < -0.3 is 15.4 Å². The third-order valence-corrected chi connectivity index (χ3v) is 4.10. The van der Waals surface area contributed by atoms with Crippen molar-refractivity contribution >= 4 is 17.3 Å². The van der Waals surface area contributed by atoms with Crippen LogP contribution in [0.2, 0.25) is 0 Å². The molecular weight excluding hydrogens is 364 g/mol. The normalized spacial score (nSPS) is 10.4. The Kier molecular flexibility index (Phi) is 6.16. The zero-order valence-corrected chi connectivity index (χ0v) is 15.2. The zero-order chi connectivity index (χ0) is 19.9. The molecule has 2 aromatic carbocycles. The van der Waals surface area contributed by atoms with Gasteiger partial charge in [0.25, 0.3) is 5.91 Å². The molecule has 1 amide bonds. The summed E-state index contributed by atoms with van der Waals surface area (Å²) in [6, 6.07) is 14.1. The van der Waals surface area contributed by atoms with E-state index in [1.165, 1.54) is 24.4 Å². The van der Waals surface area contributed by atoms with Gasteiger partial charge in [0, 0.05) is 18.4 Å². The fraction of sp³-hybridized carbons (Fsp3) is 0.143. The number of carbonyl (C=O) groups is 1. The number of nitrogens with zero attached hydrogens (tertiary/aromatic N) is 1. The van der Waals surface area contributed by atoms with Crippen molar-refractivity contribution in [2.45, 2.75) is 6.42 Å². The van der Waals surface area contributed by atoms with Gasteiger partial charge in [-0.2, -0.15) is 0 Å². The van der Waals surface area contributed by atoms with Crippen LogP contribution in [0.15, 0.2) is 60.8 Å². The van der Waals surface area contributed by atoms with E-state index in [2.05, 4.69) is 15.6 Å². The minimum Gasteiger partial charge on any atom is -0.496 e. The number of aromatic nitrogens is 1. The lowest BCUT2D eigenvalue weighted by molar-refractivity contribution is 0.0949. The second-order valence-corrected chi connectivity index (χ2v) is 5.97. The number of para-hydroxylation sites is 2. The molecule has 0 bridgehead atoms. The van der Waals surface area contributed by atoms with Crippen molar-refractivity contribution in [1.29, 1.82) is 0 Å². The van der Waals surface area contributed by atoms with Gasteiger partial charge in [0.05, 0.1) is 7.11 Å². The molecule has 1 heterocycles. The number of methoxy groups -OCH3 is 1. The van der Waals surface area contributed by atoms with Crippen molar-refractivity contribution in [3.05, 3.63) is 83.7 Å². The number of anilines is 2. The van der Waals surface area contributed by atoms with Gasteiger partial charge >= 0.3 is 0 Å². The van der Waals surface area contributed by atoms with Crippen LogP contribution in [0, 0.1) is 11.6 Å². The maximum Gasteiger partial charge on any atom is 0.269 e. The molecule has 0 unspecified atom stereocenters. The summed E-state index contributed by atoms with van der Waals surface area (Å²) >= 11 is 0. The van der Waals surface area contributed by atoms with Gasteiger partial charge in [0.2, 0.25) is 0 Å². The Hall–Kier alpha value is -3.48. The Morgan fingerprint density at radius 1 is 1.07 bits per heavy atom. The second-order valence-electron chi connectivity index (χ2n) is 5.97. The number of hydrogen-bond acceptors (Lipinski definition) is 4. The molecule has 7 heteroatoms. The van der Waals surface area contributed by atoms with Gasteiger partial charge in [-0.1, -0.05) is 24.3 Å². The topological polar surface area (TPSA) is 63.2 Å². The van der Waals surface area contributed by atoms with Gasteiger partial charge in [-0.05, 0) is 42.3 Å². The van der Waals surface area contributed by atoms with Crippen molar-refractivity contribution in [3.63, 3.8) is 0 Å². The molecule has 0 aliphatic rings. The van der Waals surface area contributed by atoms with Crippen LogP contribution < -0.4 is 15.4 Å². The second kappa shape index (κ2) is 8.94. The monoisotopic (exact) mass is 383 g/mol. The maximum absolute atomic E-state index is 13.8. The lowest BCUT2D eigenvalue weighted by atomic mass is 10.1. The summed E-state index contributed by atoms with van der Waals surface area (Å²) in [5.74, 6) is -1.07. The van der Waals surface area contributed by atoms with Crippen LogP contribution in [0.5, 0.6) is 5.75 Å². The molecule has 3 aromatic rings. The summed E-state index contributed by atoms with van der Waals surface area (Å²) in [5, 5.41) is 5.43. The third-order valence-electron chi connectivity index (χ3n) is 4.10. The molecule has 144 valence electrons. The number of ether oxygens (including phenoxy) is 1. The number of benzene rings is 2. The summed E-state index contributed by atoms with van der Waals surface area (Å²) in [6.45, 7) is 0.389. The molecule has 3 rings (SSSR count). The highest BCUT2D eigenvalue weighted by atomic mass is 19.1. The summed E-state index contributed by atoms with van der Waals surface area (Å²) in [5.41, 5.74) is 1.19. The zero-order valence-electron chi connectivity index (χ0n) is 15.2. The Balaban J connectivity index is 1.64. The Morgan fingerprint density at radius 3 is 2.57 bits per heavy atom. The maximum atomic E-state index is 13.8. The Labute approximate surface area is 161 Å². The summed E-state index contributed by atoms with van der Waals surface area (Å²) < 4.78 is 32.8. The molecule has 2 N–H and O–H groups in total. The third kappa shape index (κ3) is 4.62. The molecule has 0 atom stereocenters. The van der Waals surface area contributed by atoms with Crippen LogP contribution in [0.3, 0.4) is 0 Å². The van der Waals surface area contributed by atoms with E-state index in [4.69, 9.17) is 4.74 Å². The molecule has 0 aliphatic carbocycles. The largest absolute Gasteiger partial charge is 0.496 e. The molecular formula is C21H19F2N3O2. The van der Waals surface area contributed by atoms with Crippen molar-refractivity contribution in [2.24, 2.45) is 0 Å². The smallest absolute Gasteiger partial charge is 0.269 e. The van der Waals surface area contributed by atoms with Crippen molar-refractivity contribution in [3.8, 4) is 5.75 Å². The van der Waals surface area contributed by atoms with Crippen LogP contribution in [0.25, 0.3) is 0 Å². The number of halogens is 2. The van der Waals surface area contributed by atoms with E-state index in [9.17, 15) is 13.6 Å². The summed E-state index contributed by atoms with van der Waals surface area (Å²) in [6.07, 6.45) is 1.99. The molecule has 0 fully saturated rings. The highest BCUT2D eigenvalue weighted by Gasteiger charge is 2.12. The highest BCUT2D eigenvalue weighted by Crippen LogP contribution is 2.23. The minimum absolute atomic E-state index is 0.141. The molecule has 0 spiro atoms. The number of pyridine rings is 1. The number of carbonyl (C=O) groups excluding carboxylic acids is 1. The van der Waals surface area contributed by atoms with Crippen LogP contribution in [-0.4, -0.2) is 24.5 Å². The number of rotatable bonds is 7. The molecule has 0 saturated carbocycles. The van der Waals surface area contributed by atoms with E-state index in [1.54, 1.807) is 7.11 Å². The van der Waals surface area contributed by atoms with E-state index < -0.39 is 11.6 Å². The Bertz CT molecular complexity index is 959. The average Bonchev–Trinajstić information content (AvgIpc) is 2.71.